The van der Waals surface area contributed by atoms with Crippen LogP contribution >= 0.6 is 0 Å². The fourth-order valence-corrected chi connectivity index (χ4v) is 4.86. The predicted molar refractivity (Wildman–Crippen MR) is 127 cm³/mol. The average molecular weight is 465 g/mol. The van der Waals surface area contributed by atoms with E-state index in [1.54, 1.807) is 37.3 Å². The smallest absolute Gasteiger partial charge is 0.290 e. The maximum atomic E-state index is 13.7. The van der Waals surface area contributed by atoms with Gasteiger partial charge in [-0.2, -0.15) is 0 Å². The predicted octanol–water partition coefficient (Wildman–Crippen LogP) is 3.08. The summed E-state index contributed by atoms with van der Waals surface area (Å²) in [6.07, 6.45) is 0.771. The van der Waals surface area contributed by atoms with Gasteiger partial charge in [0.1, 0.15) is 17.1 Å². The van der Waals surface area contributed by atoms with Gasteiger partial charge < -0.3 is 23.5 Å². The number of hydrogen-bond donors (Lipinski definition) is 0. The summed E-state index contributed by atoms with van der Waals surface area (Å²) in [5, 5.41) is 0.419. The monoisotopic (exact) mass is 464 g/mol. The van der Waals surface area contributed by atoms with Gasteiger partial charge in [0.05, 0.1) is 44.4 Å². The van der Waals surface area contributed by atoms with Crippen molar-refractivity contribution in [3.05, 3.63) is 69.6 Å². The lowest BCUT2D eigenvalue weighted by Crippen LogP contribution is -2.38. The Bertz CT molecular complexity index is 1260. The Morgan fingerprint density at radius 3 is 2.56 bits per heavy atom. The lowest BCUT2D eigenvalue weighted by Gasteiger charge is -2.29. The Morgan fingerprint density at radius 2 is 1.79 bits per heavy atom. The number of morpholine rings is 1. The molecule has 3 heterocycles. The van der Waals surface area contributed by atoms with E-state index in [9.17, 15) is 9.59 Å². The van der Waals surface area contributed by atoms with E-state index in [2.05, 4.69) is 4.90 Å². The van der Waals surface area contributed by atoms with Crippen LogP contribution in [0.3, 0.4) is 0 Å². The van der Waals surface area contributed by atoms with Gasteiger partial charge in [-0.25, -0.2) is 0 Å². The summed E-state index contributed by atoms with van der Waals surface area (Å²) in [6, 6.07) is 12.0. The number of rotatable bonds is 7. The molecule has 34 heavy (non-hydrogen) atoms. The highest BCUT2D eigenvalue weighted by atomic mass is 16.5. The molecule has 1 aromatic heterocycles. The van der Waals surface area contributed by atoms with Crippen molar-refractivity contribution < 1.29 is 23.4 Å². The molecule has 2 aromatic carbocycles. The molecule has 178 valence electrons. The quantitative estimate of drug-likeness (QED) is 0.532. The first kappa shape index (κ1) is 22.4. The molecular weight excluding hydrogens is 436 g/mol. The summed E-state index contributed by atoms with van der Waals surface area (Å²) >= 11 is 0. The third kappa shape index (κ3) is 3.93. The van der Waals surface area contributed by atoms with Gasteiger partial charge >= 0.3 is 0 Å². The van der Waals surface area contributed by atoms with Crippen LogP contribution in [0.2, 0.25) is 0 Å². The number of nitrogens with zero attached hydrogens (tertiary/aromatic N) is 2. The van der Waals surface area contributed by atoms with Crippen LogP contribution < -0.4 is 14.9 Å². The minimum atomic E-state index is -0.578. The normalized spacial score (nSPS) is 18.4. The first-order chi connectivity index (χ1) is 16.6. The van der Waals surface area contributed by atoms with Gasteiger partial charge in [0.15, 0.2) is 5.43 Å². The molecule has 1 unspecified atom stereocenters. The second kappa shape index (κ2) is 9.48. The fourth-order valence-electron chi connectivity index (χ4n) is 4.86. The highest BCUT2D eigenvalue weighted by Gasteiger charge is 2.43. The molecule has 8 heteroatoms. The summed E-state index contributed by atoms with van der Waals surface area (Å²) in [5.41, 5.74) is 1.26. The topological polar surface area (TPSA) is 81.5 Å². The van der Waals surface area contributed by atoms with Crippen LogP contribution in [0, 0.1) is 0 Å². The van der Waals surface area contributed by atoms with E-state index in [0.717, 1.165) is 44.8 Å². The zero-order valence-corrected chi connectivity index (χ0v) is 19.4. The summed E-state index contributed by atoms with van der Waals surface area (Å²) in [7, 11) is 3.14. The third-order valence-electron chi connectivity index (χ3n) is 6.59. The van der Waals surface area contributed by atoms with Crippen LogP contribution in [-0.4, -0.2) is 69.3 Å². The minimum Gasteiger partial charge on any atom is -0.497 e. The van der Waals surface area contributed by atoms with Crippen LogP contribution in [-0.2, 0) is 4.74 Å². The summed E-state index contributed by atoms with van der Waals surface area (Å²) < 4.78 is 22.4. The molecule has 0 spiro atoms. The largest absolute Gasteiger partial charge is 0.497 e. The van der Waals surface area contributed by atoms with Gasteiger partial charge in [0.25, 0.3) is 5.91 Å². The number of amides is 1. The van der Waals surface area contributed by atoms with Crippen molar-refractivity contribution in [1.82, 2.24) is 9.80 Å². The average Bonchev–Trinajstić information content (AvgIpc) is 3.15. The van der Waals surface area contributed by atoms with Crippen LogP contribution in [0.5, 0.6) is 11.5 Å². The highest BCUT2D eigenvalue weighted by molar-refractivity contribution is 5.99. The molecule has 0 aliphatic carbocycles. The Morgan fingerprint density at radius 1 is 1.00 bits per heavy atom. The molecule has 5 rings (SSSR count). The van der Waals surface area contributed by atoms with E-state index in [1.165, 1.54) is 0 Å². The molecule has 3 aromatic rings. The van der Waals surface area contributed by atoms with Crippen molar-refractivity contribution in [2.75, 3.05) is 53.6 Å². The SMILES string of the molecule is COc1ccc2c(=O)c3c(oc2c1)C(=O)N(CCCN1CCOCC1)C3c1ccccc1OC. The van der Waals surface area contributed by atoms with Crippen molar-refractivity contribution in [3.8, 4) is 11.5 Å². The standard InChI is InChI=1S/C26H28N2O6/c1-31-17-8-9-19-21(16-17)34-25-22(24(19)29)23(18-6-3-4-7-20(18)32-2)28(26(25)30)11-5-10-27-12-14-33-15-13-27/h3-4,6-9,16,23H,5,10-15H2,1-2H3. The first-order valence-corrected chi connectivity index (χ1v) is 11.5. The maximum absolute atomic E-state index is 13.7. The molecule has 0 bridgehead atoms. The van der Waals surface area contributed by atoms with Gasteiger partial charge in [-0.05, 0) is 24.6 Å². The zero-order chi connectivity index (χ0) is 23.7. The Balaban J connectivity index is 1.57. The fraction of sp³-hybridized carbons (Fsp3) is 0.385. The second-order valence-electron chi connectivity index (χ2n) is 8.49. The van der Waals surface area contributed by atoms with E-state index in [0.29, 0.717) is 34.6 Å². The number of fused-ring (bicyclic) bond motifs is 2. The van der Waals surface area contributed by atoms with Crippen LogP contribution in [0.1, 0.15) is 34.1 Å². The summed E-state index contributed by atoms with van der Waals surface area (Å²) in [4.78, 5) is 31.3. The molecule has 1 amide bonds. The molecule has 2 aliphatic heterocycles. The number of ether oxygens (including phenoxy) is 3. The van der Waals surface area contributed by atoms with E-state index in [4.69, 9.17) is 18.6 Å². The number of para-hydroxylation sites is 1. The van der Waals surface area contributed by atoms with E-state index >= 15 is 0 Å². The van der Waals surface area contributed by atoms with E-state index < -0.39 is 6.04 Å². The van der Waals surface area contributed by atoms with Gasteiger partial charge in [0.2, 0.25) is 5.76 Å². The molecule has 1 saturated heterocycles. The van der Waals surface area contributed by atoms with E-state index in [1.807, 2.05) is 24.3 Å². The number of carbonyl (C=O) groups excluding carboxylic acids is 1. The van der Waals surface area contributed by atoms with Crippen molar-refractivity contribution in [1.29, 1.82) is 0 Å². The number of hydrogen-bond acceptors (Lipinski definition) is 7. The summed E-state index contributed by atoms with van der Waals surface area (Å²) in [5.74, 6) is 0.994. The third-order valence-corrected chi connectivity index (χ3v) is 6.59. The van der Waals surface area contributed by atoms with Gasteiger partial charge in [-0.15, -0.1) is 0 Å². The van der Waals surface area contributed by atoms with E-state index in [-0.39, 0.29) is 17.1 Å². The molecule has 8 nitrogen and oxygen atoms in total. The number of benzene rings is 2. The van der Waals surface area contributed by atoms with Crippen LogP contribution in [0.25, 0.3) is 11.0 Å². The number of carbonyl (C=O) groups is 1. The molecule has 1 atom stereocenters. The molecule has 0 N–H and O–H groups in total. The second-order valence-corrected chi connectivity index (χ2v) is 8.49. The lowest BCUT2D eigenvalue weighted by molar-refractivity contribution is 0.0353. The van der Waals surface area contributed by atoms with Gasteiger partial charge in [0, 0.05) is 37.8 Å². The zero-order valence-electron chi connectivity index (χ0n) is 19.4. The molecule has 0 radical (unpaired) electrons. The van der Waals surface area contributed by atoms with Crippen LogP contribution in [0.4, 0.5) is 0 Å². The van der Waals surface area contributed by atoms with Gasteiger partial charge in [-0.3, -0.25) is 14.5 Å². The van der Waals surface area contributed by atoms with Crippen LogP contribution in [0.15, 0.2) is 51.7 Å². The highest BCUT2D eigenvalue weighted by Crippen LogP contribution is 2.41. The first-order valence-electron chi connectivity index (χ1n) is 11.5. The Labute approximate surface area is 197 Å². The maximum Gasteiger partial charge on any atom is 0.290 e. The number of methoxy groups -OCH3 is 2. The minimum absolute atomic E-state index is 0.0908. The van der Waals surface area contributed by atoms with Crippen molar-refractivity contribution in [2.24, 2.45) is 0 Å². The van der Waals surface area contributed by atoms with Crippen molar-refractivity contribution in [2.45, 2.75) is 12.5 Å². The molecule has 1 fully saturated rings. The molecular formula is C26H28N2O6. The Hall–Kier alpha value is -3.36. The van der Waals surface area contributed by atoms with Crippen molar-refractivity contribution in [3.63, 3.8) is 0 Å². The van der Waals surface area contributed by atoms with Crippen molar-refractivity contribution >= 4 is 16.9 Å². The lowest BCUT2D eigenvalue weighted by atomic mass is 9.97. The Kier molecular flexibility index (Phi) is 6.26. The molecule has 0 saturated carbocycles. The molecule has 2 aliphatic rings. The van der Waals surface area contributed by atoms with Gasteiger partial charge in [-0.1, -0.05) is 18.2 Å². The summed E-state index contributed by atoms with van der Waals surface area (Å²) in [6.45, 7) is 4.57.